The Hall–Kier alpha value is -2.98. The zero-order valence-electron chi connectivity index (χ0n) is 23.4. The van der Waals surface area contributed by atoms with Crippen molar-refractivity contribution in [1.29, 1.82) is 0 Å². The summed E-state index contributed by atoms with van der Waals surface area (Å²) in [5.41, 5.74) is 13.3. The highest BCUT2D eigenvalue weighted by Gasteiger charge is 2.54. The Morgan fingerprint density at radius 1 is 1.15 bits per heavy atom. The van der Waals surface area contributed by atoms with Crippen LogP contribution in [0.2, 0.25) is 0 Å². The summed E-state index contributed by atoms with van der Waals surface area (Å²) in [6, 6.07) is 1.91. The molecule has 3 aromatic heterocycles. The number of ether oxygens (including phenoxy) is 1. The minimum Gasteiger partial charge on any atom is -0.378 e. The van der Waals surface area contributed by atoms with Crippen molar-refractivity contribution in [1.82, 2.24) is 29.4 Å². The van der Waals surface area contributed by atoms with Gasteiger partial charge in [-0.15, -0.1) is 0 Å². The highest BCUT2D eigenvalue weighted by molar-refractivity contribution is 5.89. The molecule has 5 heterocycles. The molecule has 208 valence electrons. The lowest BCUT2D eigenvalue weighted by molar-refractivity contribution is -0.148. The van der Waals surface area contributed by atoms with Crippen LogP contribution in [0.5, 0.6) is 0 Å². The molecule has 3 aliphatic carbocycles. The molecule has 39 heavy (non-hydrogen) atoms. The standard InChI is InChI=1S/C29H40N8O2/c1-19-14-24(21-15-31-34(3)27(21)32-19)35-11-4-23-22(16-35)20(2)33-37(23)18-28-5-8-29(9-6-28,10-7-28)36-12-13-39-17-25(36)26(30)38/h14-15,25H,4-13,16-18H2,1-3H3,(H2,30,38)/t25-,28?,29?/m0/s1. The Morgan fingerprint density at radius 2 is 1.92 bits per heavy atom. The first-order chi connectivity index (χ1) is 18.8. The summed E-state index contributed by atoms with van der Waals surface area (Å²) < 4.78 is 9.84. The van der Waals surface area contributed by atoms with Crippen molar-refractivity contribution >= 4 is 22.6 Å². The first-order valence-electron chi connectivity index (χ1n) is 14.5. The molecule has 0 radical (unpaired) electrons. The van der Waals surface area contributed by atoms with Gasteiger partial charge in [-0.05, 0) is 63.9 Å². The zero-order chi connectivity index (χ0) is 26.9. The van der Waals surface area contributed by atoms with E-state index in [2.05, 4.69) is 39.5 Å². The first-order valence-corrected chi connectivity index (χ1v) is 14.5. The van der Waals surface area contributed by atoms with E-state index >= 15 is 0 Å². The highest BCUT2D eigenvalue weighted by atomic mass is 16.5. The van der Waals surface area contributed by atoms with E-state index in [0.717, 1.165) is 74.3 Å². The van der Waals surface area contributed by atoms with Gasteiger partial charge in [-0.25, -0.2) is 4.98 Å². The van der Waals surface area contributed by atoms with Crippen molar-refractivity contribution in [3.05, 3.63) is 34.9 Å². The van der Waals surface area contributed by atoms with Crippen molar-refractivity contribution in [3.63, 3.8) is 0 Å². The fourth-order valence-electron chi connectivity index (χ4n) is 8.12. The zero-order valence-corrected chi connectivity index (χ0v) is 23.4. The molecular formula is C29H40N8O2. The van der Waals surface area contributed by atoms with Gasteiger partial charge in [0.25, 0.3) is 0 Å². The SMILES string of the molecule is Cc1cc(N2CCc3c(c(C)nn3CC34CCC(N5CCOC[C@H]5C(N)=O)(CC3)CC4)C2)c2cnn(C)c2n1. The molecule has 3 saturated carbocycles. The van der Waals surface area contributed by atoms with E-state index in [1.807, 2.05) is 17.9 Å². The molecule has 4 fully saturated rings. The summed E-state index contributed by atoms with van der Waals surface area (Å²) >= 11 is 0. The normalized spacial score (nSPS) is 29.2. The quantitative estimate of drug-likeness (QED) is 0.538. The second-order valence-electron chi connectivity index (χ2n) is 12.5. The first kappa shape index (κ1) is 25.0. The maximum atomic E-state index is 12.2. The monoisotopic (exact) mass is 532 g/mol. The number of fused-ring (bicyclic) bond motifs is 5. The second kappa shape index (κ2) is 9.02. The van der Waals surface area contributed by atoms with Gasteiger partial charge in [0.1, 0.15) is 6.04 Å². The molecule has 1 saturated heterocycles. The molecular weight excluding hydrogens is 492 g/mol. The Labute approximate surface area is 229 Å². The van der Waals surface area contributed by atoms with Crippen LogP contribution < -0.4 is 10.6 Å². The molecule has 2 N–H and O–H groups in total. The minimum atomic E-state index is -0.287. The Bertz CT molecular complexity index is 1420. The van der Waals surface area contributed by atoms with E-state index < -0.39 is 0 Å². The van der Waals surface area contributed by atoms with Crippen LogP contribution >= 0.6 is 0 Å². The smallest absolute Gasteiger partial charge is 0.237 e. The van der Waals surface area contributed by atoms with E-state index in [9.17, 15) is 4.79 Å². The number of hydrogen-bond donors (Lipinski definition) is 1. The number of aromatic nitrogens is 5. The van der Waals surface area contributed by atoms with Gasteiger partial charge < -0.3 is 15.4 Å². The third-order valence-electron chi connectivity index (χ3n) is 10.4. The fourth-order valence-corrected chi connectivity index (χ4v) is 8.12. The van der Waals surface area contributed by atoms with Crippen LogP contribution in [0.4, 0.5) is 5.69 Å². The van der Waals surface area contributed by atoms with E-state index in [1.54, 1.807) is 0 Å². The predicted octanol–water partition coefficient (Wildman–Crippen LogP) is 2.62. The number of primary amides is 1. The summed E-state index contributed by atoms with van der Waals surface area (Å²) in [4.78, 5) is 21.8. The van der Waals surface area contributed by atoms with Crippen molar-refractivity contribution in [2.45, 2.75) is 83.5 Å². The number of aryl methyl sites for hydroxylation is 3. The van der Waals surface area contributed by atoms with Gasteiger partial charge in [0, 0.05) is 62.1 Å². The molecule has 2 aliphatic heterocycles. The van der Waals surface area contributed by atoms with Crippen molar-refractivity contribution in [3.8, 4) is 0 Å². The van der Waals surface area contributed by atoms with Crippen LogP contribution in [-0.4, -0.2) is 73.2 Å². The maximum Gasteiger partial charge on any atom is 0.237 e. The summed E-state index contributed by atoms with van der Waals surface area (Å²) in [7, 11) is 1.96. The number of rotatable bonds is 5. The molecule has 0 unspecified atom stereocenters. The number of morpholine rings is 1. The summed E-state index contributed by atoms with van der Waals surface area (Å²) in [5.74, 6) is -0.245. The van der Waals surface area contributed by atoms with Crippen LogP contribution in [0.3, 0.4) is 0 Å². The molecule has 10 heteroatoms. The lowest BCUT2D eigenvalue weighted by Gasteiger charge is -2.59. The number of anilines is 1. The van der Waals surface area contributed by atoms with Gasteiger partial charge in [0.15, 0.2) is 5.65 Å². The molecule has 10 nitrogen and oxygen atoms in total. The fraction of sp³-hybridized carbons (Fsp3) is 0.655. The summed E-state index contributed by atoms with van der Waals surface area (Å²) in [6.07, 6.45) is 9.89. The van der Waals surface area contributed by atoms with E-state index in [-0.39, 0.29) is 17.5 Å². The third kappa shape index (κ3) is 3.97. The number of nitrogens with two attached hydrogens (primary N) is 1. The number of hydrogen-bond acceptors (Lipinski definition) is 7. The average molecular weight is 533 g/mol. The van der Waals surface area contributed by atoms with Crippen molar-refractivity contribution < 1.29 is 9.53 Å². The van der Waals surface area contributed by atoms with Crippen LogP contribution in [0.25, 0.3) is 11.0 Å². The third-order valence-corrected chi connectivity index (χ3v) is 10.4. The van der Waals surface area contributed by atoms with E-state index in [1.165, 1.54) is 36.2 Å². The lowest BCUT2D eigenvalue weighted by Crippen LogP contribution is -2.65. The van der Waals surface area contributed by atoms with Crippen LogP contribution in [0.15, 0.2) is 12.3 Å². The number of carbonyl (C=O) groups excluding carboxylic acids is 1. The van der Waals surface area contributed by atoms with E-state index in [4.69, 9.17) is 20.6 Å². The number of nitrogens with zero attached hydrogens (tertiary/aromatic N) is 7. The van der Waals surface area contributed by atoms with Gasteiger partial charge in [-0.1, -0.05) is 0 Å². The highest BCUT2D eigenvalue weighted by Crippen LogP contribution is 2.56. The Balaban J connectivity index is 1.10. The molecule has 0 aromatic carbocycles. The lowest BCUT2D eigenvalue weighted by atomic mass is 9.56. The molecule has 1 amide bonds. The molecule has 1 atom stereocenters. The number of amides is 1. The molecule has 8 rings (SSSR count). The predicted molar refractivity (Wildman–Crippen MR) is 148 cm³/mol. The molecule has 3 aromatic rings. The van der Waals surface area contributed by atoms with Gasteiger partial charge in [0.2, 0.25) is 5.91 Å². The summed E-state index contributed by atoms with van der Waals surface area (Å²) in [6.45, 7) is 9.01. The largest absolute Gasteiger partial charge is 0.378 e. The average Bonchev–Trinajstić information content (AvgIpc) is 3.47. The van der Waals surface area contributed by atoms with Gasteiger partial charge in [-0.2, -0.15) is 10.2 Å². The summed E-state index contributed by atoms with van der Waals surface area (Å²) in [5, 5.41) is 10.7. The topological polar surface area (TPSA) is 107 Å². The van der Waals surface area contributed by atoms with Gasteiger partial charge in [-0.3, -0.25) is 19.1 Å². The van der Waals surface area contributed by atoms with Crippen LogP contribution in [0, 0.1) is 19.3 Å². The minimum absolute atomic E-state index is 0.103. The van der Waals surface area contributed by atoms with Gasteiger partial charge >= 0.3 is 0 Å². The Kier molecular flexibility index (Phi) is 5.79. The van der Waals surface area contributed by atoms with Crippen LogP contribution in [-0.2, 0) is 36.1 Å². The maximum absolute atomic E-state index is 12.2. The second-order valence-corrected chi connectivity index (χ2v) is 12.5. The molecule has 2 bridgehead atoms. The Morgan fingerprint density at radius 3 is 2.67 bits per heavy atom. The number of carbonyl (C=O) groups is 1. The number of pyridine rings is 1. The molecule has 0 spiro atoms. The van der Waals surface area contributed by atoms with E-state index in [0.29, 0.717) is 18.6 Å². The van der Waals surface area contributed by atoms with Crippen molar-refractivity contribution in [2.24, 2.45) is 18.2 Å². The van der Waals surface area contributed by atoms with Gasteiger partial charge in [0.05, 0.1) is 36.2 Å². The van der Waals surface area contributed by atoms with Crippen LogP contribution in [0.1, 0.15) is 61.2 Å². The van der Waals surface area contributed by atoms with Crippen molar-refractivity contribution in [2.75, 3.05) is 31.2 Å². The molecule has 5 aliphatic rings.